The molecule has 2 amide bonds. The van der Waals surface area contributed by atoms with Gasteiger partial charge in [0.1, 0.15) is 0 Å². The fourth-order valence-electron chi connectivity index (χ4n) is 2.69. The van der Waals surface area contributed by atoms with Crippen LogP contribution in [0, 0.1) is 17.5 Å². The lowest BCUT2D eigenvalue weighted by molar-refractivity contribution is -0.126. The van der Waals surface area contributed by atoms with E-state index in [9.17, 15) is 27.6 Å². The Morgan fingerprint density at radius 2 is 1.41 bits per heavy atom. The van der Waals surface area contributed by atoms with Crippen LogP contribution in [0.1, 0.15) is 10.4 Å². The third-order valence-electron chi connectivity index (χ3n) is 4.32. The number of esters is 1. The first kappa shape index (κ1) is 22.5. The van der Waals surface area contributed by atoms with Crippen LogP contribution in [-0.2, 0) is 14.3 Å². The number of anilines is 1. The van der Waals surface area contributed by atoms with E-state index in [4.69, 9.17) is 4.74 Å². The molecule has 0 bridgehead atoms. The van der Waals surface area contributed by atoms with Crippen LogP contribution in [-0.4, -0.2) is 30.9 Å². The Kier molecular flexibility index (Phi) is 7.22. The van der Waals surface area contributed by atoms with Gasteiger partial charge < -0.3 is 15.4 Å². The molecule has 3 aromatic carbocycles. The number of nitrogens with one attached hydrogen (secondary N) is 2. The maximum absolute atomic E-state index is 13.5. The van der Waals surface area contributed by atoms with Crippen molar-refractivity contribution in [3.05, 3.63) is 89.7 Å². The number of halogens is 3. The Morgan fingerprint density at radius 1 is 0.750 bits per heavy atom. The minimum absolute atomic E-state index is 0.240. The van der Waals surface area contributed by atoms with Crippen molar-refractivity contribution in [3.8, 4) is 11.1 Å². The van der Waals surface area contributed by atoms with Gasteiger partial charge in [0.25, 0.3) is 5.91 Å². The van der Waals surface area contributed by atoms with E-state index in [0.29, 0.717) is 6.07 Å². The molecule has 0 saturated carbocycles. The lowest BCUT2D eigenvalue weighted by atomic mass is 10.0. The summed E-state index contributed by atoms with van der Waals surface area (Å²) in [5.74, 6) is -7.07. The van der Waals surface area contributed by atoms with Crippen LogP contribution in [0.4, 0.5) is 18.9 Å². The van der Waals surface area contributed by atoms with Gasteiger partial charge in [0.2, 0.25) is 5.91 Å². The molecule has 0 saturated heterocycles. The van der Waals surface area contributed by atoms with Crippen molar-refractivity contribution in [2.24, 2.45) is 0 Å². The standard InChI is InChI=1S/C23H17F3N2O4/c24-17-10-11-18(22(26)21(17)25)28-19(29)12-27-20(30)13-32-23(31)16-8-6-15(7-9-16)14-4-2-1-3-5-14/h1-11H,12-13H2,(H,27,30)(H,28,29). The van der Waals surface area contributed by atoms with Crippen molar-refractivity contribution in [1.82, 2.24) is 5.32 Å². The normalized spacial score (nSPS) is 10.3. The average Bonchev–Trinajstić information content (AvgIpc) is 2.82. The minimum atomic E-state index is -1.73. The molecular weight excluding hydrogens is 425 g/mol. The van der Waals surface area contributed by atoms with Gasteiger partial charge in [0, 0.05) is 0 Å². The molecule has 0 unspecified atom stereocenters. The topological polar surface area (TPSA) is 84.5 Å². The van der Waals surface area contributed by atoms with Gasteiger partial charge in [-0.05, 0) is 35.4 Å². The lowest BCUT2D eigenvalue weighted by Crippen LogP contribution is -2.35. The van der Waals surface area contributed by atoms with Gasteiger partial charge in [0.05, 0.1) is 17.8 Å². The van der Waals surface area contributed by atoms with Gasteiger partial charge in [0.15, 0.2) is 24.1 Å². The van der Waals surface area contributed by atoms with Crippen LogP contribution < -0.4 is 10.6 Å². The zero-order valence-corrected chi connectivity index (χ0v) is 16.5. The molecule has 0 spiro atoms. The second kappa shape index (κ2) is 10.3. The number of rotatable bonds is 7. The number of carbonyl (C=O) groups excluding carboxylic acids is 3. The molecule has 3 aromatic rings. The Hall–Kier alpha value is -4.14. The molecule has 0 aliphatic heterocycles. The van der Waals surface area contributed by atoms with Gasteiger partial charge in [-0.1, -0.05) is 42.5 Å². The van der Waals surface area contributed by atoms with E-state index < -0.39 is 54.1 Å². The van der Waals surface area contributed by atoms with E-state index in [1.807, 2.05) is 35.6 Å². The van der Waals surface area contributed by atoms with Crippen LogP contribution in [0.3, 0.4) is 0 Å². The monoisotopic (exact) mass is 442 g/mol. The first-order valence-electron chi connectivity index (χ1n) is 9.38. The number of ether oxygens (including phenoxy) is 1. The van der Waals surface area contributed by atoms with Gasteiger partial charge in [-0.2, -0.15) is 0 Å². The van der Waals surface area contributed by atoms with Crippen molar-refractivity contribution in [3.63, 3.8) is 0 Å². The predicted octanol–water partition coefficient (Wildman–Crippen LogP) is 3.68. The van der Waals surface area contributed by atoms with E-state index in [1.165, 1.54) is 0 Å². The zero-order valence-electron chi connectivity index (χ0n) is 16.5. The maximum atomic E-state index is 13.5. The summed E-state index contributed by atoms with van der Waals surface area (Å²) in [6.07, 6.45) is 0. The van der Waals surface area contributed by atoms with Crippen LogP contribution in [0.25, 0.3) is 11.1 Å². The number of amides is 2. The average molecular weight is 442 g/mol. The van der Waals surface area contributed by atoms with Gasteiger partial charge >= 0.3 is 5.97 Å². The molecule has 6 nitrogen and oxygen atoms in total. The number of benzene rings is 3. The largest absolute Gasteiger partial charge is 0.452 e. The third kappa shape index (κ3) is 5.72. The number of hydrogen-bond donors (Lipinski definition) is 2. The maximum Gasteiger partial charge on any atom is 0.338 e. The second-order valence-corrected chi connectivity index (χ2v) is 6.57. The molecule has 0 fully saturated rings. The Labute approximate surface area is 181 Å². The summed E-state index contributed by atoms with van der Waals surface area (Å²) in [7, 11) is 0. The molecule has 164 valence electrons. The molecular formula is C23H17F3N2O4. The first-order valence-corrected chi connectivity index (χ1v) is 9.38. The number of hydrogen-bond acceptors (Lipinski definition) is 4. The fourth-order valence-corrected chi connectivity index (χ4v) is 2.69. The second-order valence-electron chi connectivity index (χ2n) is 6.57. The molecule has 0 heterocycles. The van der Waals surface area contributed by atoms with Crippen LogP contribution in [0.15, 0.2) is 66.7 Å². The summed E-state index contributed by atoms with van der Waals surface area (Å²) in [4.78, 5) is 35.6. The van der Waals surface area contributed by atoms with Gasteiger partial charge in [-0.3, -0.25) is 9.59 Å². The van der Waals surface area contributed by atoms with Crippen LogP contribution in [0.2, 0.25) is 0 Å². The summed E-state index contributed by atoms with van der Waals surface area (Å²) in [5, 5.41) is 4.17. The Morgan fingerprint density at radius 3 is 2.09 bits per heavy atom. The smallest absolute Gasteiger partial charge is 0.338 e. The highest BCUT2D eigenvalue weighted by molar-refractivity contribution is 5.95. The van der Waals surface area contributed by atoms with Crippen LogP contribution in [0.5, 0.6) is 0 Å². The summed E-state index contributed by atoms with van der Waals surface area (Å²) in [6.45, 7) is -1.24. The third-order valence-corrected chi connectivity index (χ3v) is 4.32. The summed E-state index contributed by atoms with van der Waals surface area (Å²) in [5.41, 5.74) is 1.55. The predicted molar refractivity (Wildman–Crippen MR) is 110 cm³/mol. The molecule has 0 aliphatic carbocycles. The molecule has 0 aliphatic rings. The minimum Gasteiger partial charge on any atom is -0.452 e. The summed E-state index contributed by atoms with van der Waals surface area (Å²) < 4.78 is 44.5. The van der Waals surface area contributed by atoms with Crippen molar-refractivity contribution in [2.75, 3.05) is 18.5 Å². The van der Waals surface area contributed by atoms with E-state index in [0.717, 1.165) is 17.2 Å². The van der Waals surface area contributed by atoms with E-state index in [-0.39, 0.29) is 5.56 Å². The fraction of sp³-hybridized carbons (Fsp3) is 0.0870. The quantitative estimate of drug-likeness (QED) is 0.432. The van der Waals surface area contributed by atoms with Crippen molar-refractivity contribution in [1.29, 1.82) is 0 Å². The molecule has 3 rings (SSSR count). The SMILES string of the molecule is O=C(COC(=O)c1ccc(-c2ccccc2)cc1)NCC(=O)Nc1ccc(F)c(F)c1F. The van der Waals surface area contributed by atoms with Crippen molar-refractivity contribution >= 4 is 23.5 Å². The molecule has 0 aromatic heterocycles. The highest BCUT2D eigenvalue weighted by atomic mass is 19.2. The van der Waals surface area contributed by atoms with Crippen LogP contribution >= 0.6 is 0 Å². The Bertz CT molecular complexity index is 1140. The van der Waals surface area contributed by atoms with Gasteiger partial charge in [-0.25, -0.2) is 18.0 Å². The van der Waals surface area contributed by atoms with Crippen molar-refractivity contribution in [2.45, 2.75) is 0 Å². The highest BCUT2D eigenvalue weighted by Crippen LogP contribution is 2.20. The summed E-state index contributed by atoms with van der Waals surface area (Å²) >= 11 is 0. The Balaban J connectivity index is 1.45. The van der Waals surface area contributed by atoms with E-state index in [1.54, 1.807) is 24.3 Å². The molecule has 32 heavy (non-hydrogen) atoms. The van der Waals surface area contributed by atoms with Gasteiger partial charge in [-0.15, -0.1) is 0 Å². The molecule has 2 N–H and O–H groups in total. The van der Waals surface area contributed by atoms with E-state index >= 15 is 0 Å². The highest BCUT2D eigenvalue weighted by Gasteiger charge is 2.16. The summed E-state index contributed by atoms with van der Waals surface area (Å²) in [6, 6.07) is 17.6. The van der Waals surface area contributed by atoms with E-state index in [2.05, 4.69) is 5.32 Å². The molecule has 0 radical (unpaired) electrons. The molecule has 9 heteroatoms. The zero-order chi connectivity index (χ0) is 23.1. The molecule has 0 atom stereocenters. The number of carbonyl (C=O) groups is 3. The lowest BCUT2D eigenvalue weighted by Gasteiger charge is -2.09. The van der Waals surface area contributed by atoms with Crippen molar-refractivity contribution < 1.29 is 32.3 Å². The first-order chi connectivity index (χ1) is 15.3.